The topological polar surface area (TPSA) is 78.8 Å². The summed E-state index contributed by atoms with van der Waals surface area (Å²) in [5.41, 5.74) is 7.87. The molecule has 0 aliphatic heterocycles. The van der Waals surface area contributed by atoms with Crippen LogP contribution in [0.2, 0.25) is 0 Å². The molecule has 0 bridgehead atoms. The van der Waals surface area contributed by atoms with E-state index in [0.29, 0.717) is 11.6 Å². The average molecular weight is 205 g/mol. The molecule has 6 heteroatoms. The summed E-state index contributed by atoms with van der Waals surface area (Å²) in [6.07, 6.45) is 4.66. The zero-order chi connectivity index (χ0) is 10.8. The first-order valence-corrected chi connectivity index (χ1v) is 4.36. The number of hydrogen-bond donors (Lipinski definition) is 1. The number of aryl methyl sites for hydroxylation is 1. The maximum Gasteiger partial charge on any atom is 0.225 e. The molecular weight excluding hydrogens is 194 g/mol. The molecule has 0 spiro atoms. The monoisotopic (exact) mass is 205 g/mol. The standard InChI is InChI=1S/C9H11N5O/c1-14-8(7(10)4-13-14)6-3-11-5-12-9(6)15-2/h3-5H,10H2,1-2H3. The van der Waals surface area contributed by atoms with Crippen molar-refractivity contribution in [3.05, 3.63) is 18.7 Å². The Hall–Kier alpha value is -2.11. The number of rotatable bonds is 2. The second-order valence-corrected chi connectivity index (χ2v) is 3.02. The lowest BCUT2D eigenvalue weighted by Gasteiger charge is -2.07. The van der Waals surface area contributed by atoms with Crippen LogP contribution in [-0.4, -0.2) is 26.9 Å². The first-order valence-electron chi connectivity index (χ1n) is 4.36. The maximum absolute atomic E-state index is 5.80. The lowest BCUT2D eigenvalue weighted by Crippen LogP contribution is -2.00. The molecule has 15 heavy (non-hydrogen) atoms. The van der Waals surface area contributed by atoms with Crippen LogP contribution in [0, 0.1) is 0 Å². The lowest BCUT2D eigenvalue weighted by molar-refractivity contribution is 0.398. The van der Waals surface area contributed by atoms with E-state index in [-0.39, 0.29) is 0 Å². The highest BCUT2D eigenvalue weighted by atomic mass is 16.5. The SMILES string of the molecule is COc1ncncc1-c1c(N)cnn1C. The van der Waals surface area contributed by atoms with Crippen molar-refractivity contribution in [1.29, 1.82) is 0 Å². The minimum absolute atomic E-state index is 0.486. The number of ether oxygens (including phenoxy) is 1. The van der Waals surface area contributed by atoms with E-state index in [2.05, 4.69) is 15.1 Å². The molecule has 2 aromatic rings. The van der Waals surface area contributed by atoms with Gasteiger partial charge in [-0.05, 0) is 0 Å². The molecule has 0 aromatic carbocycles. The molecule has 0 aliphatic carbocycles. The third-order valence-electron chi connectivity index (χ3n) is 2.09. The van der Waals surface area contributed by atoms with Crippen LogP contribution in [0.3, 0.4) is 0 Å². The second kappa shape index (κ2) is 3.56. The van der Waals surface area contributed by atoms with Crippen molar-refractivity contribution in [2.75, 3.05) is 12.8 Å². The van der Waals surface area contributed by atoms with E-state index in [1.807, 2.05) is 0 Å². The van der Waals surface area contributed by atoms with Gasteiger partial charge in [0.15, 0.2) is 0 Å². The molecule has 0 aliphatic rings. The minimum Gasteiger partial charge on any atom is -0.480 e. The van der Waals surface area contributed by atoms with Crippen LogP contribution in [-0.2, 0) is 7.05 Å². The summed E-state index contributed by atoms with van der Waals surface area (Å²) in [4.78, 5) is 7.95. The molecule has 0 unspecified atom stereocenters. The number of nitrogens with two attached hydrogens (primary N) is 1. The summed E-state index contributed by atoms with van der Waals surface area (Å²) in [6, 6.07) is 0. The largest absolute Gasteiger partial charge is 0.480 e. The predicted molar refractivity (Wildman–Crippen MR) is 55.2 cm³/mol. The summed E-state index contributed by atoms with van der Waals surface area (Å²) in [5, 5.41) is 4.05. The van der Waals surface area contributed by atoms with Crippen LogP contribution in [0.5, 0.6) is 5.88 Å². The Morgan fingerprint density at radius 1 is 1.40 bits per heavy atom. The Balaban J connectivity index is 2.63. The first kappa shape index (κ1) is 9.45. The van der Waals surface area contributed by atoms with Gasteiger partial charge in [-0.3, -0.25) is 4.68 Å². The van der Waals surface area contributed by atoms with Crippen molar-refractivity contribution in [2.45, 2.75) is 0 Å². The van der Waals surface area contributed by atoms with E-state index in [1.165, 1.54) is 6.33 Å². The molecule has 6 nitrogen and oxygen atoms in total. The van der Waals surface area contributed by atoms with Gasteiger partial charge in [-0.25, -0.2) is 9.97 Å². The van der Waals surface area contributed by atoms with E-state index < -0.39 is 0 Å². The summed E-state index contributed by atoms with van der Waals surface area (Å²) in [5.74, 6) is 0.486. The van der Waals surface area contributed by atoms with Crippen LogP contribution in [0.15, 0.2) is 18.7 Å². The third kappa shape index (κ3) is 1.50. The lowest BCUT2D eigenvalue weighted by atomic mass is 10.2. The van der Waals surface area contributed by atoms with E-state index in [1.54, 1.807) is 31.2 Å². The van der Waals surface area contributed by atoms with Crippen LogP contribution < -0.4 is 10.5 Å². The molecule has 2 N–H and O–H groups in total. The molecule has 2 rings (SSSR count). The van der Waals surface area contributed by atoms with Crippen molar-refractivity contribution in [2.24, 2.45) is 7.05 Å². The van der Waals surface area contributed by atoms with Crippen LogP contribution in [0.25, 0.3) is 11.3 Å². The first-order chi connectivity index (χ1) is 7.24. The van der Waals surface area contributed by atoms with Gasteiger partial charge in [0.05, 0.1) is 30.3 Å². The Kier molecular flexibility index (Phi) is 2.24. The highest BCUT2D eigenvalue weighted by Gasteiger charge is 2.14. The van der Waals surface area contributed by atoms with Gasteiger partial charge in [-0.15, -0.1) is 0 Å². The van der Waals surface area contributed by atoms with Gasteiger partial charge in [0, 0.05) is 13.2 Å². The molecule has 0 radical (unpaired) electrons. The number of anilines is 1. The van der Waals surface area contributed by atoms with Gasteiger partial charge in [-0.2, -0.15) is 5.10 Å². The summed E-state index contributed by atoms with van der Waals surface area (Å²) in [7, 11) is 3.36. The summed E-state index contributed by atoms with van der Waals surface area (Å²) >= 11 is 0. The molecule has 0 amide bonds. The Labute approximate surface area is 86.7 Å². The van der Waals surface area contributed by atoms with Crippen molar-refractivity contribution >= 4 is 5.69 Å². The molecule has 2 heterocycles. The number of methoxy groups -OCH3 is 1. The van der Waals surface area contributed by atoms with Gasteiger partial charge < -0.3 is 10.5 Å². The Morgan fingerprint density at radius 3 is 2.80 bits per heavy atom. The van der Waals surface area contributed by atoms with Gasteiger partial charge >= 0.3 is 0 Å². The Morgan fingerprint density at radius 2 is 2.20 bits per heavy atom. The summed E-state index contributed by atoms with van der Waals surface area (Å²) in [6.45, 7) is 0. The Bertz CT molecular complexity index is 460. The zero-order valence-electron chi connectivity index (χ0n) is 8.51. The summed E-state index contributed by atoms with van der Waals surface area (Å²) < 4.78 is 6.79. The van der Waals surface area contributed by atoms with Crippen LogP contribution in [0.4, 0.5) is 5.69 Å². The second-order valence-electron chi connectivity index (χ2n) is 3.02. The van der Waals surface area contributed by atoms with Gasteiger partial charge in [0.25, 0.3) is 0 Å². The highest BCUT2D eigenvalue weighted by molar-refractivity contribution is 5.75. The minimum atomic E-state index is 0.486. The van der Waals surface area contributed by atoms with Crippen molar-refractivity contribution in [1.82, 2.24) is 19.7 Å². The van der Waals surface area contributed by atoms with E-state index >= 15 is 0 Å². The van der Waals surface area contributed by atoms with Gasteiger partial charge in [-0.1, -0.05) is 0 Å². The van der Waals surface area contributed by atoms with Crippen molar-refractivity contribution < 1.29 is 4.74 Å². The van der Waals surface area contributed by atoms with E-state index in [4.69, 9.17) is 10.5 Å². The normalized spacial score (nSPS) is 10.3. The smallest absolute Gasteiger partial charge is 0.225 e. The molecule has 0 atom stereocenters. The van der Waals surface area contributed by atoms with Gasteiger partial charge in [0.2, 0.25) is 5.88 Å². The molecule has 0 saturated heterocycles. The fourth-order valence-electron chi connectivity index (χ4n) is 1.43. The fourth-order valence-corrected chi connectivity index (χ4v) is 1.43. The number of hydrogen-bond acceptors (Lipinski definition) is 5. The average Bonchev–Trinajstić information content (AvgIpc) is 2.59. The van der Waals surface area contributed by atoms with E-state index in [0.717, 1.165) is 11.3 Å². The highest BCUT2D eigenvalue weighted by Crippen LogP contribution is 2.30. The zero-order valence-corrected chi connectivity index (χ0v) is 8.51. The number of nitrogens with zero attached hydrogens (tertiary/aromatic N) is 4. The number of nitrogen functional groups attached to an aromatic ring is 1. The predicted octanol–water partition coefficient (Wildman–Crippen LogP) is 0.468. The molecule has 0 saturated carbocycles. The third-order valence-corrected chi connectivity index (χ3v) is 2.09. The molecular formula is C9H11N5O. The quantitative estimate of drug-likeness (QED) is 0.770. The molecule has 78 valence electrons. The maximum atomic E-state index is 5.80. The molecule has 0 fully saturated rings. The van der Waals surface area contributed by atoms with E-state index in [9.17, 15) is 0 Å². The van der Waals surface area contributed by atoms with Crippen LogP contribution >= 0.6 is 0 Å². The fraction of sp³-hybridized carbons (Fsp3) is 0.222. The van der Waals surface area contributed by atoms with Crippen molar-refractivity contribution in [3.8, 4) is 17.1 Å². The van der Waals surface area contributed by atoms with Crippen LogP contribution in [0.1, 0.15) is 0 Å². The number of aromatic nitrogens is 4. The molecule has 2 aromatic heterocycles. The van der Waals surface area contributed by atoms with Crippen molar-refractivity contribution in [3.63, 3.8) is 0 Å². The van der Waals surface area contributed by atoms with Gasteiger partial charge in [0.1, 0.15) is 6.33 Å².